The molecule has 3 heterocycles. The van der Waals surface area contributed by atoms with Crippen LogP contribution in [0.2, 0.25) is 0 Å². The molecular weight excluding hydrogens is 340 g/mol. The van der Waals surface area contributed by atoms with E-state index in [1.807, 2.05) is 18.2 Å². The number of carbonyl (C=O) groups is 2. The smallest absolute Gasteiger partial charge is 0.224 e. The SMILES string of the molecule is O=C(NCCSc1cn[nH]n1)C1CCC(=O)N(Cc2ccccn2)C1. The third-order valence-electron chi connectivity index (χ3n) is 3.99. The summed E-state index contributed by atoms with van der Waals surface area (Å²) < 4.78 is 0. The maximum Gasteiger partial charge on any atom is 0.224 e. The lowest BCUT2D eigenvalue weighted by atomic mass is 9.96. The van der Waals surface area contributed by atoms with Crippen molar-refractivity contribution < 1.29 is 9.59 Å². The van der Waals surface area contributed by atoms with E-state index in [1.165, 1.54) is 11.8 Å². The third-order valence-corrected chi connectivity index (χ3v) is 4.89. The number of H-pyrrole nitrogens is 1. The van der Waals surface area contributed by atoms with Gasteiger partial charge in [0.1, 0.15) is 5.03 Å². The molecule has 9 heteroatoms. The van der Waals surface area contributed by atoms with Crippen molar-refractivity contribution in [2.24, 2.45) is 5.92 Å². The molecule has 132 valence electrons. The van der Waals surface area contributed by atoms with Crippen molar-refractivity contribution >= 4 is 23.6 Å². The normalized spacial score (nSPS) is 17.5. The number of likely N-dealkylation sites (tertiary alicyclic amines) is 1. The summed E-state index contributed by atoms with van der Waals surface area (Å²) in [5.74, 6) is 0.635. The third kappa shape index (κ3) is 5.02. The summed E-state index contributed by atoms with van der Waals surface area (Å²) in [6.45, 7) is 1.45. The quantitative estimate of drug-likeness (QED) is 0.560. The molecule has 0 aromatic carbocycles. The first-order valence-electron chi connectivity index (χ1n) is 8.16. The summed E-state index contributed by atoms with van der Waals surface area (Å²) in [6.07, 6.45) is 4.35. The summed E-state index contributed by atoms with van der Waals surface area (Å²) >= 11 is 1.53. The minimum atomic E-state index is -0.168. The number of hydrogen-bond donors (Lipinski definition) is 2. The Morgan fingerprint density at radius 3 is 3.12 bits per heavy atom. The van der Waals surface area contributed by atoms with Gasteiger partial charge in [-0.1, -0.05) is 6.07 Å². The van der Waals surface area contributed by atoms with E-state index in [4.69, 9.17) is 0 Å². The molecule has 1 saturated heterocycles. The van der Waals surface area contributed by atoms with Gasteiger partial charge in [-0.15, -0.1) is 16.9 Å². The van der Waals surface area contributed by atoms with Crippen molar-refractivity contribution in [3.8, 4) is 0 Å². The van der Waals surface area contributed by atoms with Gasteiger partial charge in [-0.25, -0.2) is 0 Å². The van der Waals surface area contributed by atoms with Crippen molar-refractivity contribution in [2.45, 2.75) is 24.4 Å². The first-order chi connectivity index (χ1) is 12.2. The zero-order chi connectivity index (χ0) is 17.5. The van der Waals surface area contributed by atoms with Crippen LogP contribution in [0.15, 0.2) is 35.6 Å². The van der Waals surface area contributed by atoms with Crippen molar-refractivity contribution in [2.75, 3.05) is 18.8 Å². The molecule has 8 nitrogen and oxygen atoms in total. The van der Waals surface area contributed by atoms with Crippen LogP contribution in [0.4, 0.5) is 0 Å². The minimum Gasteiger partial charge on any atom is -0.355 e. The molecule has 1 atom stereocenters. The second-order valence-electron chi connectivity index (χ2n) is 5.78. The second-order valence-corrected chi connectivity index (χ2v) is 6.89. The number of nitrogens with one attached hydrogen (secondary N) is 2. The van der Waals surface area contributed by atoms with Gasteiger partial charge in [0.15, 0.2) is 0 Å². The van der Waals surface area contributed by atoms with Crippen LogP contribution in [-0.2, 0) is 16.1 Å². The lowest BCUT2D eigenvalue weighted by Crippen LogP contribution is -2.45. The fourth-order valence-electron chi connectivity index (χ4n) is 2.70. The number of nitrogens with zero attached hydrogens (tertiary/aromatic N) is 4. The van der Waals surface area contributed by atoms with Crippen molar-refractivity contribution in [3.63, 3.8) is 0 Å². The van der Waals surface area contributed by atoms with Crippen LogP contribution in [0, 0.1) is 5.92 Å². The van der Waals surface area contributed by atoms with Crippen molar-refractivity contribution in [1.29, 1.82) is 0 Å². The second kappa shape index (κ2) is 8.61. The molecule has 1 fully saturated rings. The molecule has 0 spiro atoms. The molecule has 0 aliphatic carbocycles. The van der Waals surface area contributed by atoms with E-state index >= 15 is 0 Å². The van der Waals surface area contributed by atoms with E-state index < -0.39 is 0 Å². The summed E-state index contributed by atoms with van der Waals surface area (Å²) in [4.78, 5) is 30.4. The largest absolute Gasteiger partial charge is 0.355 e. The number of thioether (sulfide) groups is 1. The molecule has 2 N–H and O–H groups in total. The molecule has 1 unspecified atom stereocenters. The average molecular weight is 360 g/mol. The molecule has 2 aromatic heterocycles. The van der Waals surface area contributed by atoms with Crippen LogP contribution in [0.3, 0.4) is 0 Å². The Hall–Kier alpha value is -2.42. The fraction of sp³-hybridized carbons (Fsp3) is 0.438. The Kier molecular flexibility index (Phi) is 5.99. The maximum atomic E-state index is 12.4. The van der Waals surface area contributed by atoms with Crippen molar-refractivity contribution in [1.82, 2.24) is 30.6 Å². The first-order valence-corrected chi connectivity index (χ1v) is 9.15. The van der Waals surface area contributed by atoms with Gasteiger partial charge in [0.25, 0.3) is 0 Å². The van der Waals surface area contributed by atoms with E-state index in [0.29, 0.717) is 32.5 Å². The lowest BCUT2D eigenvalue weighted by molar-refractivity contribution is -0.138. The molecule has 2 aromatic rings. The highest BCUT2D eigenvalue weighted by Gasteiger charge is 2.30. The van der Waals surface area contributed by atoms with Crippen LogP contribution in [0.25, 0.3) is 0 Å². The van der Waals surface area contributed by atoms with E-state index in [-0.39, 0.29) is 17.7 Å². The highest BCUT2D eigenvalue weighted by Crippen LogP contribution is 2.19. The van der Waals surface area contributed by atoms with Gasteiger partial charge in [0.05, 0.1) is 24.4 Å². The Labute approximate surface area is 149 Å². The number of carbonyl (C=O) groups excluding carboxylic acids is 2. The zero-order valence-electron chi connectivity index (χ0n) is 13.7. The van der Waals surface area contributed by atoms with Gasteiger partial charge < -0.3 is 10.2 Å². The van der Waals surface area contributed by atoms with Crippen molar-refractivity contribution in [3.05, 3.63) is 36.3 Å². The average Bonchev–Trinajstić information content (AvgIpc) is 3.15. The van der Waals surface area contributed by atoms with Crippen LogP contribution in [-0.4, -0.2) is 56.0 Å². The molecule has 2 amide bonds. The number of hydrogen-bond acceptors (Lipinski definition) is 6. The van der Waals surface area contributed by atoms with E-state index in [2.05, 4.69) is 25.7 Å². The van der Waals surface area contributed by atoms with E-state index in [0.717, 1.165) is 16.5 Å². The van der Waals surface area contributed by atoms with Crippen LogP contribution >= 0.6 is 11.8 Å². The monoisotopic (exact) mass is 360 g/mol. The Morgan fingerprint density at radius 1 is 1.44 bits per heavy atom. The summed E-state index contributed by atoms with van der Waals surface area (Å²) in [6, 6.07) is 5.63. The molecule has 0 bridgehead atoms. The molecular formula is C16H20N6O2S. The predicted molar refractivity (Wildman–Crippen MR) is 92.5 cm³/mol. The van der Waals surface area contributed by atoms with Gasteiger partial charge in [0.2, 0.25) is 11.8 Å². The molecule has 3 rings (SSSR count). The summed E-state index contributed by atoms with van der Waals surface area (Å²) in [5, 5.41) is 14.0. The molecule has 25 heavy (non-hydrogen) atoms. The van der Waals surface area contributed by atoms with Gasteiger partial charge in [-0.2, -0.15) is 10.3 Å². The first kappa shape index (κ1) is 17.4. The molecule has 0 radical (unpaired) electrons. The van der Waals surface area contributed by atoms with Crippen LogP contribution in [0.1, 0.15) is 18.5 Å². The Morgan fingerprint density at radius 2 is 2.36 bits per heavy atom. The molecule has 1 aliphatic heterocycles. The van der Waals surface area contributed by atoms with E-state index in [9.17, 15) is 9.59 Å². The number of aromatic nitrogens is 4. The highest BCUT2D eigenvalue weighted by atomic mass is 32.2. The predicted octanol–water partition coefficient (Wildman–Crippen LogP) is 0.847. The standard InChI is InChI=1S/C16H20N6O2S/c23-15-5-4-12(10-22(15)11-13-3-1-2-6-17-13)16(24)18-7-8-25-14-9-19-21-20-14/h1-3,6,9,12H,4-5,7-8,10-11H2,(H,18,24)(H,19,20,21). The van der Waals surface area contributed by atoms with Gasteiger partial charge in [-0.3, -0.25) is 14.6 Å². The number of piperidine rings is 1. The molecule has 1 aliphatic rings. The lowest BCUT2D eigenvalue weighted by Gasteiger charge is -2.31. The Balaban J connectivity index is 1.45. The van der Waals surface area contributed by atoms with Gasteiger partial charge >= 0.3 is 0 Å². The van der Waals surface area contributed by atoms with Crippen LogP contribution < -0.4 is 5.32 Å². The van der Waals surface area contributed by atoms with Gasteiger partial charge in [-0.05, 0) is 18.6 Å². The number of aromatic amines is 1. The number of rotatable bonds is 7. The highest BCUT2D eigenvalue weighted by molar-refractivity contribution is 7.99. The molecule has 0 saturated carbocycles. The number of amides is 2. The van der Waals surface area contributed by atoms with E-state index in [1.54, 1.807) is 17.3 Å². The van der Waals surface area contributed by atoms with Gasteiger partial charge in [0, 0.05) is 31.5 Å². The Bertz CT molecular complexity index is 694. The van der Waals surface area contributed by atoms with Crippen LogP contribution in [0.5, 0.6) is 0 Å². The number of pyridine rings is 1. The topological polar surface area (TPSA) is 104 Å². The minimum absolute atomic E-state index is 0.000673. The summed E-state index contributed by atoms with van der Waals surface area (Å²) in [5.41, 5.74) is 0.834. The maximum absolute atomic E-state index is 12.4. The summed E-state index contributed by atoms with van der Waals surface area (Å²) in [7, 11) is 0. The zero-order valence-corrected chi connectivity index (χ0v) is 14.5. The fourth-order valence-corrected chi connectivity index (χ4v) is 3.35.